The van der Waals surface area contributed by atoms with Gasteiger partial charge < -0.3 is 21.7 Å². The molecule has 0 saturated heterocycles. The third-order valence-electron chi connectivity index (χ3n) is 2.93. The second-order valence-electron chi connectivity index (χ2n) is 4.20. The average Bonchev–Trinajstić information content (AvgIpc) is 2.43. The Balaban J connectivity index is 2.82. The summed E-state index contributed by atoms with van der Waals surface area (Å²) in [5.74, 6) is 4.72. The van der Waals surface area contributed by atoms with Gasteiger partial charge in [0, 0.05) is 22.3 Å². The zero-order chi connectivity index (χ0) is 14.9. The van der Waals surface area contributed by atoms with Crippen LogP contribution in [0.5, 0.6) is 11.5 Å². The van der Waals surface area contributed by atoms with Crippen LogP contribution in [0.3, 0.4) is 0 Å². The van der Waals surface area contributed by atoms with Crippen molar-refractivity contribution in [1.29, 1.82) is 0 Å². The van der Waals surface area contributed by atoms with Crippen molar-refractivity contribution < 1.29 is 10.2 Å². The number of aromatic hydroxyl groups is 2. The average molecular weight is 264 g/mol. The molecular formula is C16H12N2O2. The number of hydrogen-bond donors (Lipinski definition) is 4. The predicted molar refractivity (Wildman–Crippen MR) is 79.9 cm³/mol. The second-order valence-corrected chi connectivity index (χ2v) is 4.20. The van der Waals surface area contributed by atoms with Crippen LogP contribution in [0.2, 0.25) is 0 Å². The largest absolute Gasteiger partial charge is 0.506 e. The Kier molecular flexibility index (Phi) is 3.16. The Labute approximate surface area is 116 Å². The molecule has 0 aromatic heterocycles. The van der Waals surface area contributed by atoms with E-state index in [1.807, 2.05) is 0 Å². The molecule has 0 unspecified atom stereocenters. The molecule has 0 bridgehead atoms. The van der Waals surface area contributed by atoms with E-state index in [1.165, 1.54) is 24.3 Å². The van der Waals surface area contributed by atoms with Gasteiger partial charge in [0.15, 0.2) is 0 Å². The summed E-state index contributed by atoms with van der Waals surface area (Å²) in [6, 6.07) is 5.82. The van der Waals surface area contributed by atoms with Gasteiger partial charge in [0.2, 0.25) is 0 Å². The van der Waals surface area contributed by atoms with E-state index in [4.69, 9.17) is 24.3 Å². The number of hydrogen-bond acceptors (Lipinski definition) is 4. The molecule has 0 aliphatic heterocycles. The Bertz CT molecular complexity index is 713. The molecule has 0 spiro atoms. The van der Waals surface area contributed by atoms with Crippen LogP contribution in [0.4, 0.5) is 11.4 Å². The molecule has 98 valence electrons. The highest BCUT2D eigenvalue weighted by Crippen LogP contribution is 2.36. The van der Waals surface area contributed by atoms with Crippen LogP contribution in [0.15, 0.2) is 24.3 Å². The minimum absolute atomic E-state index is 0.101. The fraction of sp³-hybridized carbons (Fsp3) is 0. The minimum Gasteiger partial charge on any atom is -0.506 e. The Morgan fingerprint density at radius 2 is 1.10 bits per heavy atom. The first-order valence-electron chi connectivity index (χ1n) is 5.66. The first-order chi connectivity index (χ1) is 9.47. The van der Waals surface area contributed by atoms with E-state index in [2.05, 4.69) is 11.8 Å². The maximum absolute atomic E-state index is 9.60. The van der Waals surface area contributed by atoms with Crippen molar-refractivity contribution >= 4 is 11.4 Å². The standard InChI is InChI=1S/C16H12N2O2/c1-3-9-5-15(19)13(17)7-11(9)12-8-14(18)16(20)6-10(12)4-2/h1-2,5-8,19-20H,17-18H2. The van der Waals surface area contributed by atoms with Gasteiger partial charge in [-0.25, -0.2) is 0 Å². The lowest BCUT2D eigenvalue weighted by Gasteiger charge is -2.12. The van der Waals surface area contributed by atoms with Crippen LogP contribution in [-0.4, -0.2) is 10.2 Å². The van der Waals surface area contributed by atoms with Crippen molar-refractivity contribution in [3.05, 3.63) is 35.4 Å². The molecule has 0 radical (unpaired) electrons. The molecule has 0 fully saturated rings. The van der Waals surface area contributed by atoms with Crippen molar-refractivity contribution in [3.63, 3.8) is 0 Å². The number of nitrogen functional groups attached to an aromatic ring is 2. The van der Waals surface area contributed by atoms with Crippen molar-refractivity contribution in [2.75, 3.05) is 11.5 Å². The van der Waals surface area contributed by atoms with Gasteiger partial charge in [0.1, 0.15) is 11.5 Å². The van der Waals surface area contributed by atoms with Gasteiger partial charge in [-0.2, -0.15) is 0 Å². The molecule has 2 aromatic rings. The molecule has 0 heterocycles. The molecule has 0 aliphatic carbocycles. The summed E-state index contributed by atoms with van der Waals surface area (Å²) < 4.78 is 0. The first kappa shape index (κ1) is 13.2. The summed E-state index contributed by atoms with van der Waals surface area (Å²) in [6.07, 6.45) is 10.9. The van der Waals surface area contributed by atoms with E-state index < -0.39 is 0 Å². The maximum Gasteiger partial charge on any atom is 0.139 e. The normalized spacial score (nSPS) is 9.70. The van der Waals surface area contributed by atoms with Gasteiger partial charge in [-0.3, -0.25) is 0 Å². The fourth-order valence-electron chi connectivity index (χ4n) is 1.89. The van der Waals surface area contributed by atoms with Crippen molar-refractivity contribution in [3.8, 4) is 47.3 Å². The highest BCUT2D eigenvalue weighted by atomic mass is 16.3. The molecule has 2 rings (SSSR count). The van der Waals surface area contributed by atoms with Gasteiger partial charge in [0.25, 0.3) is 0 Å². The first-order valence-corrected chi connectivity index (χ1v) is 5.66. The van der Waals surface area contributed by atoms with Gasteiger partial charge in [0.05, 0.1) is 11.4 Å². The van der Waals surface area contributed by atoms with E-state index in [9.17, 15) is 10.2 Å². The zero-order valence-electron chi connectivity index (χ0n) is 10.5. The highest BCUT2D eigenvalue weighted by molar-refractivity contribution is 5.83. The second kappa shape index (κ2) is 4.79. The van der Waals surface area contributed by atoms with Crippen LogP contribution in [-0.2, 0) is 0 Å². The zero-order valence-corrected chi connectivity index (χ0v) is 10.5. The van der Waals surface area contributed by atoms with Gasteiger partial charge in [-0.05, 0) is 24.3 Å². The Hall–Kier alpha value is -3.24. The summed E-state index contributed by atoms with van der Waals surface area (Å²) in [4.78, 5) is 0. The van der Waals surface area contributed by atoms with Crippen LogP contribution in [0.25, 0.3) is 11.1 Å². The van der Waals surface area contributed by atoms with E-state index in [-0.39, 0.29) is 22.9 Å². The highest BCUT2D eigenvalue weighted by Gasteiger charge is 2.13. The summed E-state index contributed by atoms with van der Waals surface area (Å²) in [5.41, 5.74) is 13.7. The monoisotopic (exact) mass is 264 g/mol. The number of terminal acetylenes is 2. The third-order valence-corrected chi connectivity index (χ3v) is 2.93. The van der Waals surface area contributed by atoms with Gasteiger partial charge in [-0.15, -0.1) is 12.8 Å². The van der Waals surface area contributed by atoms with E-state index in [1.54, 1.807) is 0 Å². The Morgan fingerprint density at radius 3 is 1.40 bits per heavy atom. The van der Waals surface area contributed by atoms with Crippen molar-refractivity contribution in [2.24, 2.45) is 0 Å². The molecular weight excluding hydrogens is 252 g/mol. The maximum atomic E-state index is 9.60. The van der Waals surface area contributed by atoms with E-state index in [0.29, 0.717) is 22.3 Å². The summed E-state index contributed by atoms with van der Waals surface area (Å²) in [7, 11) is 0. The van der Waals surface area contributed by atoms with Gasteiger partial charge >= 0.3 is 0 Å². The SMILES string of the molecule is C#Cc1cc(O)c(N)cc1-c1cc(N)c(O)cc1C#C. The van der Waals surface area contributed by atoms with Gasteiger partial charge in [-0.1, -0.05) is 11.8 Å². The lowest BCUT2D eigenvalue weighted by molar-refractivity contribution is 0.477. The topological polar surface area (TPSA) is 92.5 Å². The van der Waals surface area contributed by atoms with E-state index >= 15 is 0 Å². The summed E-state index contributed by atoms with van der Waals surface area (Å²) in [5, 5.41) is 19.2. The molecule has 0 atom stereocenters. The fourth-order valence-corrected chi connectivity index (χ4v) is 1.89. The number of phenols is 2. The molecule has 6 N–H and O–H groups in total. The van der Waals surface area contributed by atoms with Crippen molar-refractivity contribution in [2.45, 2.75) is 0 Å². The number of benzene rings is 2. The number of anilines is 2. The lowest BCUT2D eigenvalue weighted by atomic mass is 9.94. The molecule has 2 aromatic carbocycles. The number of rotatable bonds is 1. The molecule has 0 amide bonds. The van der Waals surface area contributed by atoms with Crippen LogP contribution in [0, 0.1) is 24.7 Å². The lowest BCUT2D eigenvalue weighted by Crippen LogP contribution is -1.95. The van der Waals surface area contributed by atoms with Crippen molar-refractivity contribution in [1.82, 2.24) is 0 Å². The van der Waals surface area contributed by atoms with Crippen LogP contribution in [0.1, 0.15) is 11.1 Å². The van der Waals surface area contributed by atoms with E-state index in [0.717, 1.165) is 0 Å². The summed E-state index contributed by atoms with van der Waals surface area (Å²) in [6.45, 7) is 0. The van der Waals surface area contributed by atoms with Crippen LogP contribution >= 0.6 is 0 Å². The molecule has 4 nitrogen and oxygen atoms in total. The quantitative estimate of drug-likeness (QED) is 0.359. The third kappa shape index (κ3) is 2.07. The molecule has 0 saturated carbocycles. The Morgan fingerprint density at radius 1 is 0.750 bits per heavy atom. The molecule has 0 aliphatic rings. The number of nitrogens with two attached hydrogens (primary N) is 2. The number of phenolic OH excluding ortho intramolecular Hbond substituents is 2. The molecule has 4 heteroatoms. The summed E-state index contributed by atoms with van der Waals surface area (Å²) >= 11 is 0. The minimum atomic E-state index is -0.101. The predicted octanol–water partition coefficient (Wildman–Crippen LogP) is 1.89. The molecule has 20 heavy (non-hydrogen) atoms. The van der Waals surface area contributed by atoms with Crippen LogP contribution < -0.4 is 11.5 Å². The smallest absolute Gasteiger partial charge is 0.139 e.